The second-order valence-electron chi connectivity index (χ2n) is 12.7. The summed E-state index contributed by atoms with van der Waals surface area (Å²) < 4.78 is 4.66. The van der Waals surface area contributed by atoms with E-state index in [1.54, 1.807) is 0 Å². The summed E-state index contributed by atoms with van der Waals surface area (Å²) in [6.07, 6.45) is 24.5. The van der Waals surface area contributed by atoms with Crippen LogP contribution in [0.1, 0.15) is 82.0 Å². The van der Waals surface area contributed by atoms with Crippen LogP contribution in [0.15, 0.2) is 139 Å². The third kappa shape index (κ3) is 7.52. The lowest BCUT2D eigenvalue weighted by atomic mass is 9.91. The molecule has 0 N–H and O–H groups in total. The molecule has 0 amide bonds. The van der Waals surface area contributed by atoms with Gasteiger partial charge in [0, 0.05) is 43.9 Å². The van der Waals surface area contributed by atoms with Gasteiger partial charge in [-0.3, -0.25) is 0 Å². The summed E-state index contributed by atoms with van der Waals surface area (Å²) in [5.41, 5.74) is 9.83. The lowest BCUT2D eigenvalue weighted by Crippen LogP contribution is -2.28. The van der Waals surface area contributed by atoms with Crippen molar-refractivity contribution < 1.29 is 0 Å². The van der Waals surface area contributed by atoms with E-state index in [0.717, 1.165) is 28.7 Å². The number of para-hydroxylation sites is 2. The van der Waals surface area contributed by atoms with Gasteiger partial charge in [-0.2, -0.15) is 0 Å². The number of aromatic nitrogens is 2. The molecule has 1 aliphatic carbocycles. The van der Waals surface area contributed by atoms with Crippen LogP contribution in [0.25, 0.3) is 58.7 Å². The number of hydrogen-bond acceptors (Lipinski definition) is 1. The van der Waals surface area contributed by atoms with E-state index in [2.05, 4.69) is 165 Å². The summed E-state index contributed by atoms with van der Waals surface area (Å²) in [5.74, 6) is 1.01. The number of allylic oxidation sites excluding steroid dienone is 7. The van der Waals surface area contributed by atoms with Crippen LogP contribution < -0.4 is 10.6 Å². The summed E-state index contributed by atoms with van der Waals surface area (Å²) in [4.78, 5) is 2.86. The Morgan fingerprint density at radius 3 is 2.13 bits per heavy atom. The van der Waals surface area contributed by atoms with Crippen molar-refractivity contribution in [3.8, 4) is 5.69 Å². The maximum atomic E-state index is 4.12. The standard InChI is InChI=1S/C27H25NS.C20H21N.C2H6/c1-4-20-21-9-5-7-11-24(21)28(25(20)16-13-18(2)3)19-14-15-23-22-10-6-8-12-26(22)29-27(23)17-19;1-5-12-19-17(7-3)18(8-4)20(13-6-2)21(19)16-14-10-9-11-15-16;1-2/h4-14,16-18,23H,1,15H2,2-3H3;5-15H,1,4H2,2-3H3;1-2H3/b16-13-;13-6-,17-7-,19-12+;. The lowest BCUT2D eigenvalue weighted by molar-refractivity contribution is 0.831. The molecule has 3 heterocycles. The van der Waals surface area contributed by atoms with Gasteiger partial charge in [-0.15, -0.1) is 0 Å². The molecule has 1 aliphatic heterocycles. The molecule has 0 spiro atoms. The monoisotopic (exact) mass is 700 g/mol. The Kier molecular flexibility index (Phi) is 13.0. The van der Waals surface area contributed by atoms with Crippen LogP contribution in [0.4, 0.5) is 0 Å². The minimum atomic E-state index is 0.502. The average Bonchev–Trinajstić information content (AvgIpc) is 3.81. The topological polar surface area (TPSA) is 9.86 Å². The van der Waals surface area contributed by atoms with E-state index >= 15 is 0 Å². The number of nitrogens with zero attached hydrogens (tertiary/aromatic N) is 2. The van der Waals surface area contributed by atoms with Crippen molar-refractivity contribution in [1.29, 1.82) is 0 Å². The molecule has 0 radical (unpaired) electrons. The molecule has 0 saturated carbocycles. The Morgan fingerprint density at radius 1 is 0.788 bits per heavy atom. The van der Waals surface area contributed by atoms with Gasteiger partial charge in [0.15, 0.2) is 0 Å². The molecular weight excluding hydrogens is 649 g/mol. The molecular formula is C49H52N2S. The number of hydrogen-bond donors (Lipinski definition) is 0. The van der Waals surface area contributed by atoms with Crippen molar-refractivity contribution in [3.63, 3.8) is 0 Å². The third-order valence-electron chi connectivity index (χ3n) is 9.20. The maximum absolute atomic E-state index is 4.12. The van der Waals surface area contributed by atoms with Crippen molar-refractivity contribution in [2.45, 2.75) is 58.8 Å². The zero-order chi connectivity index (χ0) is 37.2. The molecule has 3 heteroatoms. The number of benzene rings is 3. The van der Waals surface area contributed by atoms with Gasteiger partial charge in [0.05, 0.1) is 22.3 Å². The van der Waals surface area contributed by atoms with E-state index in [1.807, 2.05) is 62.9 Å². The van der Waals surface area contributed by atoms with Gasteiger partial charge in [-0.1, -0.05) is 156 Å². The van der Waals surface area contributed by atoms with E-state index in [1.165, 1.54) is 48.4 Å². The van der Waals surface area contributed by atoms with Crippen LogP contribution in [0, 0.1) is 5.92 Å². The second kappa shape index (κ2) is 17.8. The Labute approximate surface area is 315 Å². The molecule has 2 nitrogen and oxygen atoms in total. The predicted molar refractivity (Wildman–Crippen MR) is 234 cm³/mol. The number of rotatable bonds is 8. The zero-order valence-corrected chi connectivity index (χ0v) is 32.5. The first-order valence-electron chi connectivity index (χ1n) is 18.4. The van der Waals surface area contributed by atoms with Crippen molar-refractivity contribution in [2.75, 3.05) is 0 Å². The van der Waals surface area contributed by atoms with Gasteiger partial charge in [0.1, 0.15) is 0 Å². The van der Waals surface area contributed by atoms with Crippen LogP contribution in [0.5, 0.6) is 0 Å². The fraction of sp³-hybridized carbons (Fsp3) is 0.184. The molecule has 3 aromatic carbocycles. The zero-order valence-electron chi connectivity index (χ0n) is 31.6. The highest BCUT2D eigenvalue weighted by Crippen LogP contribution is 2.52. The fourth-order valence-electron chi connectivity index (χ4n) is 7.03. The number of thioether (sulfide) groups is 1. The highest BCUT2D eigenvalue weighted by atomic mass is 32.2. The van der Waals surface area contributed by atoms with Gasteiger partial charge in [0.25, 0.3) is 0 Å². The molecule has 5 aromatic rings. The molecule has 1 atom stereocenters. The summed E-state index contributed by atoms with van der Waals surface area (Å²) in [5, 5.41) is 3.57. The highest BCUT2D eigenvalue weighted by Gasteiger charge is 2.30. The quantitative estimate of drug-likeness (QED) is 0.157. The Morgan fingerprint density at radius 2 is 1.46 bits per heavy atom. The van der Waals surface area contributed by atoms with E-state index < -0.39 is 0 Å². The fourth-order valence-corrected chi connectivity index (χ4v) is 8.30. The van der Waals surface area contributed by atoms with E-state index in [4.69, 9.17) is 0 Å². The predicted octanol–water partition coefficient (Wildman–Crippen LogP) is 12.9. The second-order valence-corrected chi connectivity index (χ2v) is 13.8. The molecule has 0 saturated heterocycles. The highest BCUT2D eigenvalue weighted by molar-refractivity contribution is 8.03. The summed E-state index contributed by atoms with van der Waals surface area (Å²) >= 11 is 1.93. The molecule has 1 unspecified atom stereocenters. The molecule has 0 bridgehead atoms. The van der Waals surface area contributed by atoms with Crippen molar-refractivity contribution in [1.82, 2.24) is 9.13 Å². The van der Waals surface area contributed by atoms with Crippen molar-refractivity contribution >= 4 is 64.8 Å². The van der Waals surface area contributed by atoms with Crippen molar-refractivity contribution in [2.24, 2.45) is 5.92 Å². The number of fused-ring (bicyclic) bond motifs is 4. The van der Waals surface area contributed by atoms with Gasteiger partial charge in [-0.05, 0) is 85.2 Å². The average molecular weight is 701 g/mol. The van der Waals surface area contributed by atoms with Crippen molar-refractivity contribution in [3.05, 3.63) is 173 Å². The largest absolute Gasteiger partial charge is 0.310 e. The van der Waals surface area contributed by atoms with Crippen LogP contribution >= 0.6 is 11.8 Å². The Balaban J connectivity index is 0.000000202. The maximum Gasteiger partial charge on any atom is 0.0540 e. The van der Waals surface area contributed by atoms with Gasteiger partial charge in [-0.25, -0.2) is 0 Å². The minimum absolute atomic E-state index is 0.502. The van der Waals surface area contributed by atoms with Crippen LogP contribution in [0.3, 0.4) is 0 Å². The van der Waals surface area contributed by atoms with Crippen LogP contribution in [0.2, 0.25) is 0 Å². The molecule has 2 aliphatic rings. The molecule has 0 fully saturated rings. The molecule has 52 heavy (non-hydrogen) atoms. The van der Waals surface area contributed by atoms with E-state index in [-0.39, 0.29) is 0 Å². The van der Waals surface area contributed by atoms with Gasteiger partial charge in [0.2, 0.25) is 0 Å². The normalized spacial score (nSPS) is 15.5. The SMILES string of the molecule is C=C/C=c1\c(=C/C)c(C=C)c(/C=C\C)n1-c1ccccc1.C=Cc1c(/C=C\C(C)C)n(C2=CCC3C(=C2)Sc2ccccc23)c2ccccc12.CC. The summed E-state index contributed by atoms with van der Waals surface area (Å²) in [6.45, 7) is 24.5. The van der Waals surface area contributed by atoms with Crippen LogP contribution in [-0.2, 0) is 0 Å². The van der Waals surface area contributed by atoms with Gasteiger partial charge >= 0.3 is 0 Å². The Hall–Kier alpha value is -5.25. The minimum Gasteiger partial charge on any atom is -0.310 e. The summed E-state index contributed by atoms with van der Waals surface area (Å²) in [6, 6.07) is 27.8. The smallest absolute Gasteiger partial charge is 0.0540 e. The first-order chi connectivity index (χ1) is 25.4. The van der Waals surface area contributed by atoms with Gasteiger partial charge < -0.3 is 9.13 Å². The first kappa shape index (κ1) is 38.0. The molecule has 2 aromatic heterocycles. The first-order valence-corrected chi connectivity index (χ1v) is 19.2. The third-order valence-corrected chi connectivity index (χ3v) is 10.4. The molecule has 7 rings (SSSR count). The Bertz CT molecular complexity index is 2320. The molecule has 264 valence electrons. The van der Waals surface area contributed by atoms with E-state index in [0.29, 0.717) is 11.8 Å². The summed E-state index contributed by atoms with van der Waals surface area (Å²) in [7, 11) is 0. The lowest BCUT2D eigenvalue weighted by Gasteiger charge is -2.20. The van der Waals surface area contributed by atoms with E-state index in [9.17, 15) is 0 Å². The van der Waals surface area contributed by atoms with Crippen LogP contribution in [-0.4, -0.2) is 9.13 Å².